The number of methoxy groups -OCH3 is 1. The van der Waals surface area contributed by atoms with Crippen LogP contribution in [0.15, 0.2) is 77.4 Å². The van der Waals surface area contributed by atoms with Crippen molar-refractivity contribution in [2.75, 3.05) is 13.7 Å². The highest BCUT2D eigenvalue weighted by Crippen LogP contribution is 2.35. The molecule has 0 fully saturated rings. The average Bonchev–Trinajstić information content (AvgIpc) is 3.46. The summed E-state index contributed by atoms with van der Waals surface area (Å²) in [6, 6.07) is 18.3. The first-order valence-corrected chi connectivity index (χ1v) is 13.6. The zero-order chi connectivity index (χ0) is 31.0. The quantitative estimate of drug-likeness (QED) is 0.175. The Hall–Kier alpha value is -4.22. The number of rotatable bonds is 12. The van der Waals surface area contributed by atoms with Crippen LogP contribution in [0.3, 0.4) is 0 Å². The van der Waals surface area contributed by atoms with Gasteiger partial charge in [0.25, 0.3) is 0 Å². The molecule has 0 spiro atoms. The molecule has 0 unspecified atom stereocenters. The summed E-state index contributed by atoms with van der Waals surface area (Å²) in [7, 11) is 0.989. The first-order chi connectivity index (χ1) is 20.5. The molecule has 8 nitrogen and oxygen atoms in total. The van der Waals surface area contributed by atoms with Gasteiger partial charge in [-0.3, -0.25) is 4.79 Å². The van der Waals surface area contributed by atoms with Gasteiger partial charge in [-0.1, -0.05) is 59.6 Å². The van der Waals surface area contributed by atoms with E-state index < -0.39 is 24.1 Å². The number of carbonyl (C=O) groups excluding carboxylic acids is 2. The molecule has 4 rings (SSSR count). The van der Waals surface area contributed by atoms with Gasteiger partial charge in [-0.25, -0.2) is 9.78 Å². The lowest BCUT2D eigenvalue weighted by atomic mass is 10.1. The normalized spacial score (nSPS) is 12.0. The van der Waals surface area contributed by atoms with E-state index in [2.05, 4.69) is 9.72 Å². The van der Waals surface area contributed by atoms with Crippen molar-refractivity contribution in [3.8, 4) is 23.0 Å². The second-order valence-electron chi connectivity index (χ2n) is 9.18. The van der Waals surface area contributed by atoms with E-state index in [9.17, 15) is 22.8 Å². The summed E-state index contributed by atoms with van der Waals surface area (Å²) in [6.45, 7) is 0.544. The molecule has 1 N–H and O–H groups in total. The van der Waals surface area contributed by atoms with Gasteiger partial charge in [0.2, 0.25) is 5.89 Å². The van der Waals surface area contributed by atoms with Gasteiger partial charge in [-0.05, 0) is 41.5 Å². The molecule has 0 saturated heterocycles. The van der Waals surface area contributed by atoms with Gasteiger partial charge >= 0.3 is 18.1 Å². The van der Waals surface area contributed by atoms with E-state index in [1.165, 1.54) is 18.4 Å². The third-order valence-electron chi connectivity index (χ3n) is 6.03. The van der Waals surface area contributed by atoms with Crippen molar-refractivity contribution >= 4 is 35.1 Å². The maximum atomic E-state index is 12.7. The molecule has 0 radical (unpaired) electrons. The van der Waals surface area contributed by atoms with Crippen LogP contribution < -0.4 is 14.8 Å². The first kappa shape index (κ1) is 31.7. The molecule has 0 saturated carbocycles. The topological polar surface area (TPSA) is 99.9 Å². The lowest BCUT2D eigenvalue weighted by molar-refractivity contribution is -0.175. The van der Waals surface area contributed by atoms with Crippen LogP contribution in [-0.2, 0) is 33.8 Å². The van der Waals surface area contributed by atoms with E-state index in [1.807, 2.05) is 54.6 Å². The fourth-order valence-electron chi connectivity index (χ4n) is 3.95. The molecule has 43 heavy (non-hydrogen) atoms. The molecular formula is C30H25Cl2F3N2O6. The van der Waals surface area contributed by atoms with Gasteiger partial charge < -0.3 is 23.9 Å². The molecular weight excluding hydrogens is 612 g/mol. The summed E-state index contributed by atoms with van der Waals surface area (Å²) in [5.41, 5.74) is 2.66. The highest BCUT2D eigenvalue weighted by molar-refractivity contribution is 6.37. The molecule has 1 atom stereocenters. The Labute approximate surface area is 254 Å². The number of amides is 1. The number of nitrogens with zero attached hydrogens (tertiary/aromatic N) is 1. The summed E-state index contributed by atoms with van der Waals surface area (Å²) >= 11 is 12.6. The Morgan fingerprint density at radius 2 is 1.70 bits per heavy atom. The van der Waals surface area contributed by atoms with E-state index in [-0.39, 0.29) is 34.4 Å². The predicted molar refractivity (Wildman–Crippen MR) is 152 cm³/mol. The van der Waals surface area contributed by atoms with Crippen molar-refractivity contribution in [3.63, 3.8) is 0 Å². The molecule has 0 aliphatic carbocycles. The first-order valence-electron chi connectivity index (χ1n) is 12.8. The van der Waals surface area contributed by atoms with Crippen LogP contribution in [-0.4, -0.2) is 42.8 Å². The highest BCUT2D eigenvalue weighted by atomic mass is 35.5. The maximum Gasteiger partial charge on any atom is 0.471 e. The molecule has 1 amide bonds. The molecule has 3 aromatic carbocycles. The predicted octanol–water partition coefficient (Wildman–Crippen LogP) is 6.61. The van der Waals surface area contributed by atoms with Crippen molar-refractivity contribution in [1.82, 2.24) is 10.3 Å². The molecule has 0 aliphatic rings. The van der Waals surface area contributed by atoms with Crippen molar-refractivity contribution < 1.29 is 41.4 Å². The second-order valence-corrected chi connectivity index (χ2v) is 10.00. The number of benzene rings is 3. The lowest BCUT2D eigenvalue weighted by Gasteiger charge is -2.18. The third-order valence-corrected chi connectivity index (χ3v) is 6.59. The molecule has 1 heterocycles. The van der Waals surface area contributed by atoms with Crippen LogP contribution in [0.2, 0.25) is 10.0 Å². The van der Waals surface area contributed by atoms with Crippen molar-refractivity contribution in [1.29, 1.82) is 0 Å². The van der Waals surface area contributed by atoms with E-state index in [1.54, 1.807) is 5.32 Å². The Balaban J connectivity index is 1.34. The lowest BCUT2D eigenvalue weighted by Crippen LogP contribution is -2.48. The standard InChI is InChI=1S/C30H25Cl2F3N2O6/c1-40-28(38)25(37-29(39)30(33,34)35)14-19-12-23(31)26(24(32)13-19)41-11-10-21-17-43-27(36-21)20-8-5-9-22(15-20)42-16-18-6-3-2-4-7-18/h2-9,12-13,15,17,25H,10-11,14,16H2,1H3,(H,37,39)/t25-/m0/s1. The molecule has 1 aromatic heterocycles. The Morgan fingerprint density at radius 3 is 2.37 bits per heavy atom. The highest BCUT2D eigenvalue weighted by Gasteiger charge is 2.41. The van der Waals surface area contributed by atoms with Crippen LogP contribution in [0.4, 0.5) is 13.2 Å². The minimum absolute atomic E-state index is 0.0569. The number of oxazole rings is 1. The number of alkyl halides is 3. The summed E-state index contributed by atoms with van der Waals surface area (Å²) in [4.78, 5) is 27.8. The minimum atomic E-state index is -5.18. The molecule has 0 bridgehead atoms. The van der Waals surface area contributed by atoms with E-state index in [0.29, 0.717) is 30.4 Å². The second kappa shape index (κ2) is 14.3. The van der Waals surface area contributed by atoms with E-state index >= 15 is 0 Å². The van der Waals surface area contributed by atoms with Gasteiger partial charge in [0.05, 0.1) is 29.5 Å². The van der Waals surface area contributed by atoms with Gasteiger partial charge in [-0.2, -0.15) is 13.2 Å². The number of nitrogens with one attached hydrogen (secondary N) is 1. The van der Waals surface area contributed by atoms with Crippen LogP contribution in [0, 0.1) is 0 Å². The molecule has 4 aromatic rings. The fraction of sp³-hybridized carbons (Fsp3) is 0.233. The molecule has 13 heteroatoms. The SMILES string of the molecule is COC(=O)[C@H](Cc1cc(Cl)c(OCCc2coc(-c3cccc(OCc4ccccc4)c3)n2)c(Cl)c1)NC(=O)C(F)(F)F. The number of ether oxygens (including phenoxy) is 3. The van der Waals surface area contributed by atoms with Crippen LogP contribution in [0.1, 0.15) is 16.8 Å². The number of halogens is 5. The summed E-state index contributed by atoms with van der Waals surface area (Å²) in [5, 5.41) is 1.73. The van der Waals surface area contributed by atoms with Crippen LogP contribution in [0.25, 0.3) is 11.5 Å². The molecule has 0 aliphatic heterocycles. The van der Waals surface area contributed by atoms with Gasteiger partial charge in [0.1, 0.15) is 24.7 Å². The largest absolute Gasteiger partial charge is 0.490 e. The number of hydrogen-bond acceptors (Lipinski definition) is 7. The molecule has 226 valence electrons. The van der Waals surface area contributed by atoms with Gasteiger partial charge in [-0.15, -0.1) is 0 Å². The monoisotopic (exact) mass is 636 g/mol. The summed E-state index contributed by atoms with van der Waals surface area (Å²) in [6.07, 6.45) is -3.68. The Morgan fingerprint density at radius 1 is 0.977 bits per heavy atom. The Bertz CT molecular complexity index is 1540. The van der Waals surface area contributed by atoms with Gasteiger partial charge in [0.15, 0.2) is 5.75 Å². The van der Waals surface area contributed by atoms with Gasteiger partial charge in [0, 0.05) is 18.4 Å². The van der Waals surface area contributed by atoms with E-state index in [4.69, 9.17) is 37.1 Å². The van der Waals surface area contributed by atoms with Crippen molar-refractivity contribution in [3.05, 3.63) is 99.9 Å². The number of carbonyl (C=O) groups is 2. The summed E-state index contributed by atoms with van der Waals surface area (Å²) < 4.78 is 59.8. The number of hydrogen-bond donors (Lipinski definition) is 1. The maximum absolute atomic E-state index is 12.7. The zero-order valence-corrected chi connectivity index (χ0v) is 24.1. The van der Waals surface area contributed by atoms with Crippen molar-refractivity contribution in [2.45, 2.75) is 31.7 Å². The Kier molecular flexibility index (Phi) is 10.5. The number of aromatic nitrogens is 1. The fourth-order valence-corrected chi connectivity index (χ4v) is 4.59. The van der Waals surface area contributed by atoms with E-state index in [0.717, 1.165) is 18.2 Å². The zero-order valence-electron chi connectivity index (χ0n) is 22.6. The van der Waals surface area contributed by atoms with Crippen molar-refractivity contribution in [2.24, 2.45) is 0 Å². The van der Waals surface area contributed by atoms with Crippen LogP contribution >= 0.6 is 23.2 Å². The van der Waals surface area contributed by atoms with Crippen LogP contribution in [0.5, 0.6) is 11.5 Å². The number of esters is 1. The minimum Gasteiger partial charge on any atom is -0.490 e. The third kappa shape index (κ3) is 8.89. The average molecular weight is 637 g/mol. The summed E-state index contributed by atoms with van der Waals surface area (Å²) in [5.74, 6) is -2.15. The smallest absolute Gasteiger partial charge is 0.471 e.